The number of pyridine rings is 1. The van der Waals surface area contributed by atoms with Crippen LogP contribution in [0, 0.1) is 5.82 Å². The molecule has 2 aromatic rings. The third-order valence-electron chi connectivity index (χ3n) is 5.68. The van der Waals surface area contributed by atoms with Crippen LogP contribution in [0.2, 0.25) is 5.02 Å². The summed E-state index contributed by atoms with van der Waals surface area (Å²) in [5.41, 5.74) is -4.10. The Kier molecular flexibility index (Phi) is 7.26. The molecular formula is C21H20ClF5N2O4S. The summed E-state index contributed by atoms with van der Waals surface area (Å²) >= 11 is 6.05. The van der Waals surface area contributed by atoms with Crippen LogP contribution in [-0.4, -0.2) is 42.4 Å². The number of alkyl halides is 4. The SMILES string of the molecule is CS(=O)(=O)c1cc(C(F)(F)F)cnc1C(=O)NC(c1cccc(F)c1Cl)[C@]1(O)CC[C@H](F)CC1. The molecule has 3 rings (SSSR count). The molecule has 1 unspecified atom stereocenters. The van der Waals surface area contributed by atoms with Crippen LogP contribution in [0.4, 0.5) is 22.0 Å². The molecule has 13 heteroatoms. The minimum Gasteiger partial charge on any atom is -0.387 e. The highest BCUT2D eigenvalue weighted by molar-refractivity contribution is 7.90. The number of hydrogen-bond donors (Lipinski definition) is 2. The van der Waals surface area contributed by atoms with Crippen molar-refractivity contribution in [2.75, 3.05) is 6.26 Å². The molecule has 34 heavy (non-hydrogen) atoms. The molecule has 1 aromatic heterocycles. The molecule has 2 N–H and O–H groups in total. The van der Waals surface area contributed by atoms with Gasteiger partial charge in [-0.3, -0.25) is 4.79 Å². The molecule has 0 radical (unpaired) electrons. The molecule has 1 atom stereocenters. The minimum absolute atomic E-state index is 0.0665. The van der Waals surface area contributed by atoms with Gasteiger partial charge in [-0.2, -0.15) is 13.2 Å². The van der Waals surface area contributed by atoms with E-state index in [2.05, 4.69) is 10.3 Å². The van der Waals surface area contributed by atoms with Gasteiger partial charge in [-0.05, 0) is 43.4 Å². The first-order valence-corrected chi connectivity index (χ1v) is 12.3. The van der Waals surface area contributed by atoms with Gasteiger partial charge < -0.3 is 10.4 Å². The van der Waals surface area contributed by atoms with E-state index in [4.69, 9.17) is 11.6 Å². The second-order valence-corrected chi connectivity index (χ2v) is 10.5. The molecule has 1 amide bonds. The number of nitrogens with zero attached hydrogens (tertiary/aromatic N) is 1. The zero-order valence-corrected chi connectivity index (χ0v) is 19.2. The summed E-state index contributed by atoms with van der Waals surface area (Å²) < 4.78 is 91.4. The molecule has 1 fully saturated rings. The van der Waals surface area contributed by atoms with Crippen LogP contribution >= 0.6 is 11.6 Å². The number of amides is 1. The van der Waals surface area contributed by atoms with Gasteiger partial charge in [0, 0.05) is 12.5 Å². The molecule has 0 saturated heterocycles. The van der Waals surface area contributed by atoms with Crippen molar-refractivity contribution in [2.45, 2.75) is 54.6 Å². The zero-order chi connectivity index (χ0) is 25.5. The van der Waals surface area contributed by atoms with Crippen LogP contribution < -0.4 is 5.32 Å². The Morgan fingerprint density at radius 1 is 1.29 bits per heavy atom. The summed E-state index contributed by atoms with van der Waals surface area (Å²) in [6.07, 6.45) is -5.63. The van der Waals surface area contributed by atoms with E-state index in [1.807, 2.05) is 0 Å². The number of carbonyl (C=O) groups is 1. The third kappa shape index (κ3) is 5.49. The summed E-state index contributed by atoms with van der Waals surface area (Å²) in [7, 11) is -4.35. The number of carbonyl (C=O) groups excluding carboxylic acids is 1. The maximum absolute atomic E-state index is 14.1. The molecule has 0 spiro atoms. The van der Waals surface area contributed by atoms with E-state index in [1.165, 1.54) is 12.1 Å². The van der Waals surface area contributed by atoms with Crippen molar-refractivity contribution in [3.05, 3.63) is 58.1 Å². The lowest BCUT2D eigenvalue weighted by molar-refractivity contribution is -0.138. The van der Waals surface area contributed by atoms with Gasteiger partial charge in [0.2, 0.25) is 0 Å². The predicted molar refractivity (Wildman–Crippen MR) is 112 cm³/mol. The molecule has 1 heterocycles. The summed E-state index contributed by atoms with van der Waals surface area (Å²) in [6, 6.07) is 2.45. The quantitative estimate of drug-likeness (QED) is 0.563. The van der Waals surface area contributed by atoms with Gasteiger partial charge >= 0.3 is 6.18 Å². The van der Waals surface area contributed by atoms with Crippen LogP contribution in [0.5, 0.6) is 0 Å². The van der Waals surface area contributed by atoms with Crippen LogP contribution in [0.15, 0.2) is 35.4 Å². The fraction of sp³-hybridized carbons (Fsp3) is 0.429. The maximum atomic E-state index is 14.1. The molecular weight excluding hydrogens is 507 g/mol. The van der Waals surface area contributed by atoms with Gasteiger partial charge in [0.25, 0.3) is 5.91 Å². The van der Waals surface area contributed by atoms with E-state index in [9.17, 15) is 40.3 Å². The molecule has 1 aromatic carbocycles. The molecule has 186 valence electrons. The van der Waals surface area contributed by atoms with Gasteiger partial charge in [-0.25, -0.2) is 22.2 Å². The van der Waals surface area contributed by atoms with Crippen molar-refractivity contribution >= 4 is 27.3 Å². The third-order valence-corrected chi connectivity index (χ3v) is 7.19. The number of aliphatic hydroxyl groups is 1. The Morgan fingerprint density at radius 3 is 2.47 bits per heavy atom. The molecule has 1 aliphatic carbocycles. The molecule has 0 aliphatic heterocycles. The first kappa shape index (κ1) is 26.3. The van der Waals surface area contributed by atoms with E-state index in [-0.39, 0.29) is 37.3 Å². The van der Waals surface area contributed by atoms with Crippen LogP contribution in [-0.2, 0) is 16.0 Å². The highest BCUT2D eigenvalue weighted by Gasteiger charge is 2.44. The topological polar surface area (TPSA) is 96.4 Å². The van der Waals surface area contributed by atoms with Crippen molar-refractivity contribution in [1.82, 2.24) is 10.3 Å². The van der Waals surface area contributed by atoms with Crippen molar-refractivity contribution in [3.8, 4) is 0 Å². The molecule has 0 bridgehead atoms. The Balaban J connectivity index is 2.09. The zero-order valence-electron chi connectivity index (χ0n) is 17.7. The van der Waals surface area contributed by atoms with Crippen molar-refractivity contribution in [3.63, 3.8) is 0 Å². The van der Waals surface area contributed by atoms with Crippen molar-refractivity contribution in [2.24, 2.45) is 0 Å². The lowest BCUT2D eigenvalue weighted by Crippen LogP contribution is -2.49. The standard InChI is InChI=1S/C21H20ClF5N2O4S/c1-34(32,33)15-9-11(21(25,26)27)10-28-17(15)19(30)29-18(13-3-2-4-14(24)16(13)22)20(31)7-5-12(23)6-8-20/h2-4,9-10,12,18,31H,5-8H2,1H3,(H,29,30)/t12-,18?,20-. The maximum Gasteiger partial charge on any atom is 0.417 e. The lowest BCUT2D eigenvalue weighted by Gasteiger charge is -2.41. The Morgan fingerprint density at radius 2 is 1.91 bits per heavy atom. The Hall–Kier alpha value is -2.31. The van der Waals surface area contributed by atoms with Gasteiger partial charge in [-0.15, -0.1) is 0 Å². The second-order valence-electron chi connectivity index (χ2n) is 8.17. The summed E-state index contributed by atoms with van der Waals surface area (Å²) in [5, 5.41) is 13.1. The van der Waals surface area contributed by atoms with Crippen molar-refractivity contribution < 1.29 is 40.3 Å². The molecule has 6 nitrogen and oxygen atoms in total. The highest BCUT2D eigenvalue weighted by atomic mass is 35.5. The average molecular weight is 527 g/mol. The number of benzene rings is 1. The number of aromatic nitrogens is 1. The van der Waals surface area contributed by atoms with Crippen LogP contribution in [0.3, 0.4) is 0 Å². The second kappa shape index (κ2) is 9.38. The summed E-state index contributed by atoms with van der Waals surface area (Å²) in [6.45, 7) is 0. The minimum atomic E-state index is -4.92. The molecule has 1 aliphatic rings. The summed E-state index contributed by atoms with van der Waals surface area (Å²) in [4.78, 5) is 15.5. The van der Waals surface area contributed by atoms with E-state index >= 15 is 0 Å². The lowest BCUT2D eigenvalue weighted by atomic mass is 9.76. The largest absolute Gasteiger partial charge is 0.417 e. The average Bonchev–Trinajstić information content (AvgIpc) is 2.74. The van der Waals surface area contributed by atoms with E-state index in [0.29, 0.717) is 12.5 Å². The fourth-order valence-electron chi connectivity index (χ4n) is 3.87. The van der Waals surface area contributed by atoms with E-state index in [1.54, 1.807) is 0 Å². The number of hydrogen-bond acceptors (Lipinski definition) is 5. The normalized spacial score (nSPS) is 22.3. The first-order chi connectivity index (χ1) is 15.6. The number of sulfone groups is 1. The monoisotopic (exact) mass is 526 g/mol. The van der Waals surface area contributed by atoms with Gasteiger partial charge in [0.05, 0.1) is 27.1 Å². The predicted octanol–water partition coefficient (Wildman–Crippen LogP) is 4.41. The van der Waals surface area contributed by atoms with Gasteiger partial charge in [0.1, 0.15) is 17.7 Å². The van der Waals surface area contributed by atoms with Crippen LogP contribution in [0.1, 0.15) is 53.3 Å². The molecule has 1 saturated carbocycles. The Labute approximate surface area is 197 Å². The van der Waals surface area contributed by atoms with Gasteiger partial charge in [-0.1, -0.05) is 23.7 Å². The number of rotatable bonds is 5. The smallest absolute Gasteiger partial charge is 0.387 e. The van der Waals surface area contributed by atoms with Gasteiger partial charge in [0.15, 0.2) is 9.84 Å². The fourth-order valence-corrected chi connectivity index (χ4v) is 4.94. The highest BCUT2D eigenvalue weighted by Crippen LogP contribution is 2.42. The first-order valence-electron chi connectivity index (χ1n) is 10.0. The van der Waals surface area contributed by atoms with Crippen LogP contribution in [0.25, 0.3) is 0 Å². The van der Waals surface area contributed by atoms with Crippen molar-refractivity contribution in [1.29, 1.82) is 0 Å². The summed E-state index contributed by atoms with van der Waals surface area (Å²) in [5.74, 6) is -2.11. The number of halogens is 6. The number of nitrogens with one attached hydrogen (secondary N) is 1. The van der Waals surface area contributed by atoms with E-state index < -0.39 is 66.7 Å². The Bertz CT molecular complexity index is 1200. The van der Waals surface area contributed by atoms with E-state index in [0.717, 1.165) is 6.07 Å².